The van der Waals surface area contributed by atoms with Gasteiger partial charge in [-0.2, -0.15) is 0 Å². The molecule has 1 aromatic heterocycles. The van der Waals surface area contributed by atoms with Crippen molar-refractivity contribution in [1.82, 2.24) is 4.90 Å². The van der Waals surface area contributed by atoms with Crippen LogP contribution in [0, 0.1) is 5.92 Å². The van der Waals surface area contributed by atoms with Gasteiger partial charge >= 0.3 is 6.09 Å². The lowest BCUT2D eigenvalue weighted by atomic mass is 9.95. The van der Waals surface area contributed by atoms with Gasteiger partial charge in [0.2, 0.25) is 0 Å². The van der Waals surface area contributed by atoms with Crippen LogP contribution in [-0.2, 0) is 9.53 Å². The van der Waals surface area contributed by atoms with Crippen LogP contribution in [0.25, 0.3) is 0 Å². The summed E-state index contributed by atoms with van der Waals surface area (Å²) in [4.78, 5) is 25.7. The number of carboxylic acid groups (broad SMARTS) is 1. The number of aliphatic carboxylic acids is 1. The van der Waals surface area contributed by atoms with Crippen molar-refractivity contribution < 1.29 is 19.4 Å². The smallest absolute Gasteiger partial charge is 0.410 e. The number of rotatable bonds is 2. The highest BCUT2D eigenvalue weighted by molar-refractivity contribution is 7.10. The Kier molecular flexibility index (Phi) is 4.04. The molecule has 0 aliphatic carbocycles. The third-order valence-electron chi connectivity index (χ3n) is 3.18. The number of hydrogen-bond donors (Lipinski definition) is 0. The third-order valence-corrected chi connectivity index (χ3v) is 4.19. The fourth-order valence-electron chi connectivity index (χ4n) is 2.31. The number of carbonyl (C=O) groups is 2. The second kappa shape index (κ2) is 5.44. The van der Waals surface area contributed by atoms with Crippen LogP contribution in [0.15, 0.2) is 17.5 Å². The Morgan fingerprint density at radius 2 is 2.10 bits per heavy atom. The SMILES string of the molecule is CC(C)(C)OC(=O)N1C[C@H](C(=O)[O-])[C@@H](c2cccs2)C1. The Balaban J connectivity index is 2.12. The highest BCUT2D eigenvalue weighted by Gasteiger charge is 2.39. The van der Waals surface area contributed by atoms with E-state index >= 15 is 0 Å². The lowest BCUT2D eigenvalue weighted by Crippen LogP contribution is -2.38. The number of hydrogen-bond acceptors (Lipinski definition) is 5. The maximum Gasteiger partial charge on any atom is 0.410 e. The van der Waals surface area contributed by atoms with Gasteiger partial charge in [0, 0.05) is 35.8 Å². The van der Waals surface area contributed by atoms with E-state index in [0.29, 0.717) is 6.54 Å². The standard InChI is InChI=1S/C14H19NO4S/c1-14(2,3)19-13(18)15-7-9(10(8-15)12(16)17)11-5-4-6-20-11/h4-6,9-10H,7-8H2,1-3H3,(H,16,17)/p-1/t9-,10-/m0/s1. The van der Waals surface area contributed by atoms with E-state index in [4.69, 9.17) is 4.74 Å². The second-order valence-corrected chi connectivity index (χ2v) is 6.91. The van der Waals surface area contributed by atoms with Crippen LogP contribution in [-0.4, -0.2) is 35.7 Å². The van der Waals surface area contributed by atoms with Gasteiger partial charge in [0.15, 0.2) is 0 Å². The molecule has 0 saturated carbocycles. The summed E-state index contributed by atoms with van der Waals surface area (Å²) >= 11 is 1.50. The highest BCUT2D eigenvalue weighted by atomic mass is 32.1. The number of likely N-dealkylation sites (tertiary alicyclic amines) is 1. The van der Waals surface area contributed by atoms with Crippen molar-refractivity contribution in [3.05, 3.63) is 22.4 Å². The van der Waals surface area contributed by atoms with Crippen LogP contribution >= 0.6 is 11.3 Å². The molecule has 20 heavy (non-hydrogen) atoms. The molecule has 0 radical (unpaired) electrons. The predicted molar refractivity (Wildman–Crippen MR) is 73.4 cm³/mol. The second-order valence-electron chi connectivity index (χ2n) is 5.93. The van der Waals surface area contributed by atoms with Crippen molar-refractivity contribution in [3.63, 3.8) is 0 Å². The Morgan fingerprint density at radius 1 is 1.40 bits per heavy atom. The van der Waals surface area contributed by atoms with Crippen molar-refractivity contribution in [3.8, 4) is 0 Å². The van der Waals surface area contributed by atoms with Crippen molar-refractivity contribution in [2.75, 3.05) is 13.1 Å². The van der Waals surface area contributed by atoms with Crippen molar-refractivity contribution >= 4 is 23.4 Å². The van der Waals surface area contributed by atoms with Crippen molar-refractivity contribution in [2.24, 2.45) is 5.92 Å². The minimum atomic E-state index is -1.12. The summed E-state index contributed by atoms with van der Waals surface area (Å²) in [6.07, 6.45) is -0.470. The summed E-state index contributed by atoms with van der Waals surface area (Å²) in [6, 6.07) is 3.77. The van der Waals surface area contributed by atoms with Gasteiger partial charge in [0.25, 0.3) is 0 Å². The van der Waals surface area contributed by atoms with Gasteiger partial charge in [-0.25, -0.2) is 4.79 Å². The lowest BCUT2D eigenvalue weighted by molar-refractivity contribution is -0.311. The zero-order valence-electron chi connectivity index (χ0n) is 11.8. The summed E-state index contributed by atoms with van der Waals surface area (Å²) in [5, 5.41) is 13.2. The number of thiophene rings is 1. The first-order chi connectivity index (χ1) is 9.28. The average Bonchev–Trinajstić information content (AvgIpc) is 2.95. The molecule has 1 aliphatic heterocycles. The van der Waals surface area contributed by atoms with Crippen LogP contribution in [0.3, 0.4) is 0 Å². The van der Waals surface area contributed by atoms with E-state index < -0.39 is 23.6 Å². The Bertz CT molecular complexity index is 492. The van der Waals surface area contributed by atoms with E-state index in [1.165, 1.54) is 16.2 Å². The van der Waals surface area contributed by atoms with Gasteiger partial charge in [-0.15, -0.1) is 11.3 Å². The van der Waals surface area contributed by atoms with E-state index in [0.717, 1.165) is 4.88 Å². The molecule has 1 aliphatic rings. The van der Waals surface area contributed by atoms with Crippen LogP contribution in [0.5, 0.6) is 0 Å². The van der Waals surface area contributed by atoms with Gasteiger partial charge < -0.3 is 19.5 Å². The minimum absolute atomic E-state index is 0.139. The fraction of sp³-hybridized carbons (Fsp3) is 0.571. The topological polar surface area (TPSA) is 69.7 Å². The Labute approximate surface area is 122 Å². The molecule has 1 aromatic rings. The molecule has 2 atom stereocenters. The maximum atomic E-state index is 12.0. The molecule has 110 valence electrons. The average molecular weight is 296 g/mol. The monoisotopic (exact) mass is 296 g/mol. The lowest BCUT2D eigenvalue weighted by Gasteiger charge is -2.24. The molecule has 1 fully saturated rings. The van der Waals surface area contributed by atoms with Crippen molar-refractivity contribution in [1.29, 1.82) is 0 Å². The molecule has 1 amide bonds. The quantitative estimate of drug-likeness (QED) is 0.828. The normalized spacial score (nSPS) is 22.9. The number of nitrogens with zero attached hydrogens (tertiary/aromatic N) is 1. The Hall–Kier alpha value is -1.56. The van der Waals surface area contributed by atoms with E-state index in [-0.39, 0.29) is 12.5 Å². The van der Waals surface area contributed by atoms with Gasteiger partial charge in [0.05, 0.1) is 0 Å². The first kappa shape index (κ1) is 14.8. The van der Waals surface area contributed by atoms with E-state index in [2.05, 4.69) is 0 Å². The van der Waals surface area contributed by atoms with Gasteiger partial charge in [-0.05, 0) is 32.2 Å². The zero-order valence-corrected chi connectivity index (χ0v) is 12.6. The molecule has 0 bridgehead atoms. The summed E-state index contributed by atoms with van der Waals surface area (Å²) in [7, 11) is 0. The van der Waals surface area contributed by atoms with Crippen LogP contribution < -0.4 is 5.11 Å². The molecule has 6 heteroatoms. The molecular formula is C14H18NO4S-. The number of amides is 1. The van der Waals surface area contributed by atoms with Gasteiger partial charge in [-0.1, -0.05) is 6.07 Å². The van der Waals surface area contributed by atoms with Crippen LogP contribution in [0.4, 0.5) is 4.79 Å². The first-order valence-corrected chi connectivity index (χ1v) is 7.38. The molecule has 1 saturated heterocycles. The zero-order chi connectivity index (χ0) is 14.9. The highest BCUT2D eigenvalue weighted by Crippen LogP contribution is 2.35. The van der Waals surface area contributed by atoms with E-state index in [1.54, 1.807) is 20.8 Å². The fourth-order valence-corrected chi connectivity index (χ4v) is 3.19. The summed E-state index contributed by atoms with van der Waals surface area (Å²) in [5.41, 5.74) is -0.588. The molecule has 0 unspecified atom stereocenters. The van der Waals surface area contributed by atoms with Crippen LogP contribution in [0.1, 0.15) is 31.6 Å². The molecule has 2 heterocycles. The Morgan fingerprint density at radius 3 is 2.60 bits per heavy atom. The van der Waals surface area contributed by atoms with E-state index in [9.17, 15) is 14.7 Å². The maximum absolute atomic E-state index is 12.0. The predicted octanol–water partition coefficient (Wildman–Crippen LogP) is 1.45. The summed E-state index contributed by atoms with van der Waals surface area (Å²) < 4.78 is 5.29. The molecular weight excluding hydrogens is 278 g/mol. The molecule has 5 nitrogen and oxygen atoms in total. The van der Waals surface area contributed by atoms with Crippen molar-refractivity contribution in [2.45, 2.75) is 32.3 Å². The molecule has 0 N–H and O–H groups in total. The minimum Gasteiger partial charge on any atom is -0.550 e. The molecule has 0 spiro atoms. The number of carbonyl (C=O) groups excluding carboxylic acids is 2. The van der Waals surface area contributed by atoms with Gasteiger partial charge in [0.1, 0.15) is 5.60 Å². The number of ether oxygens (including phenoxy) is 1. The third kappa shape index (κ3) is 3.30. The molecule has 0 aromatic carbocycles. The summed E-state index contributed by atoms with van der Waals surface area (Å²) in [6.45, 7) is 5.85. The largest absolute Gasteiger partial charge is 0.550 e. The van der Waals surface area contributed by atoms with E-state index in [1.807, 2.05) is 17.5 Å². The molecule has 2 rings (SSSR count). The van der Waals surface area contributed by atoms with Gasteiger partial charge in [-0.3, -0.25) is 0 Å². The number of carboxylic acids is 1. The first-order valence-electron chi connectivity index (χ1n) is 6.50. The summed E-state index contributed by atoms with van der Waals surface area (Å²) in [5.74, 6) is -2.01. The van der Waals surface area contributed by atoms with Crippen LogP contribution in [0.2, 0.25) is 0 Å².